The molecule has 0 aliphatic rings. The molecule has 0 aliphatic carbocycles. The lowest BCUT2D eigenvalue weighted by Crippen LogP contribution is -2.45. The van der Waals surface area contributed by atoms with Gasteiger partial charge in [-0.3, -0.25) is 18.6 Å². The molecule has 0 unspecified atom stereocenters. The Kier molecular flexibility index (Phi) is 7.25. The normalized spacial score (nSPS) is 12.6. The monoisotopic (exact) mass is 387 g/mol. The molecule has 142 valence electrons. The van der Waals surface area contributed by atoms with E-state index in [1.807, 2.05) is 6.07 Å². The molecule has 0 aromatic heterocycles. The Morgan fingerprint density at radius 1 is 1.07 bits per heavy atom. The maximum Gasteiger partial charge on any atom is 0.252 e. The third-order valence-electron chi connectivity index (χ3n) is 3.69. The van der Waals surface area contributed by atoms with Crippen LogP contribution in [0, 0.1) is 0 Å². The Morgan fingerprint density at radius 2 is 1.78 bits per heavy atom. The van der Waals surface area contributed by atoms with E-state index in [0.29, 0.717) is 10.6 Å². The van der Waals surface area contributed by atoms with E-state index in [4.69, 9.17) is 5.73 Å². The van der Waals surface area contributed by atoms with Gasteiger partial charge in [0.2, 0.25) is 11.8 Å². The summed E-state index contributed by atoms with van der Waals surface area (Å²) < 4.78 is 12.3. The van der Waals surface area contributed by atoms with Crippen molar-refractivity contribution in [2.24, 2.45) is 5.73 Å². The standard InChI is InChI=1S/C19H21N3O4S/c1-13(23)21-15-7-5-6-14(12-15)19(25)22-17(18(20)24)10-11-27(26)16-8-3-2-4-9-16/h2-9,12,17H,10-11H2,1H3,(H2,20,24)(H,21,23)(H,22,25)/t17-,27+/m0/s1. The maximum atomic E-state index is 12.4. The highest BCUT2D eigenvalue weighted by atomic mass is 32.2. The predicted molar refractivity (Wildman–Crippen MR) is 104 cm³/mol. The molecule has 7 nitrogen and oxygen atoms in total. The highest BCUT2D eigenvalue weighted by Gasteiger charge is 2.20. The zero-order chi connectivity index (χ0) is 19.8. The van der Waals surface area contributed by atoms with Crippen molar-refractivity contribution < 1.29 is 18.6 Å². The number of nitrogens with one attached hydrogen (secondary N) is 2. The molecule has 2 rings (SSSR count). The molecule has 27 heavy (non-hydrogen) atoms. The van der Waals surface area contributed by atoms with Crippen LogP contribution in [0.5, 0.6) is 0 Å². The second-order valence-electron chi connectivity index (χ2n) is 5.84. The third kappa shape index (κ3) is 6.34. The minimum atomic E-state index is -1.30. The van der Waals surface area contributed by atoms with Crippen LogP contribution in [-0.2, 0) is 20.4 Å². The summed E-state index contributed by atoms with van der Waals surface area (Å²) in [4.78, 5) is 35.9. The highest BCUT2D eigenvalue weighted by Crippen LogP contribution is 2.12. The lowest BCUT2D eigenvalue weighted by atomic mass is 10.1. The Bertz CT molecular complexity index is 855. The van der Waals surface area contributed by atoms with Gasteiger partial charge < -0.3 is 16.4 Å². The number of anilines is 1. The molecule has 0 heterocycles. The van der Waals surface area contributed by atoms with Gasteiger partial charge in [-0.1, -0.05) is 24.3 Å². The zero-order valence-electron chi connectivity index (χ0n) is 14.8. The Balaban J connectivity index is 2.01. The van der Waals surface area contributed by atoms with Crippen LogP contribution in [-0.4, -0.2) is 33.7 Å². The lowest BCUT2D eigenvalue weighted by molar-refractivity contribution is -0.120. The molecule has 0 aliphatic heterocycles. The minimum Gasteiger partial charge on any atom is -0.368 e. The third-order valence-corrected chi connectivity index (χ3v) is 5.10. The number of carbonyl (C=O) groups is 3. The Hall–Kier alpha value is -3.00. The fourth-order valence-corrected chi connectivity index (χ4v) is 3.53. The summed E-state index contributed by atoms with van der Waals surface area (Å²) >= 11 is 0. The molecule has 2 atom stereocenters. The number of primary amides is 1. The summed E-state index contributed by atoms with van der Waals surface area (Å²) in [5, 5.41) is 5.14. The smallest absolute Gasteiger partial charge is 0.252 e. The van der Waals surface area contributed by atoms with Crippen molar-refractivity contribution in [3.05, 3.63) is 60.2 Å². The summed E-state index contributed by atoms with van der Waals surface area (Å²) in [5.41, 5.74) is 6.12. The van der Waals surface area contributed by atoms with Gasteiger partial charge in [-0.2, -0.15) is 0 Å². The number of benzene rings is 2. The fourth-order valence-electron chi connectivity index (χ4n) is 2.38. The van der Waals surface area contributed by atoms with Crippen LogP contribution in [0.25, 0.3) is 0 Å². The van der Waals surface area contributed by atoms with Crippen LogP contribution < -0.4 is 16.4 Å². The van der Waals surface area contributed by atoms with Crippen molar-refractivity contribution in [3.63, 3.8) is 0 Å². The SMILES string of the molecule is CC(=O)Nc1cccc(C(=O)N[C@@H](CC[S@@](=O)c2ccccc2)C(N)=O)c1. The van der Waals surface area contributed by atoms with Gasteiger partial charge in [0.1, 0.15) is 6.04 Å². The molecule has 0 bridgehead atoms. The van der Waals surface area contributed by atoms with Gasteiger partial charge in [0.05, 0.1) is 10.8 Å². The van der Waals surface area contributed by atoms with E-state index in [0.717, 1.165) is 0 Å². The lowest BCUT2D eigenvalue weighted by Gasteiger charge is -2.16. The number of nitrogens with two attached hydrogens (primary N) is 1. The van der Waals surface area contributed by atoms with Crippen molar-refractivity contribution in [2.45, 2.75) is 24.3 Å². The first-order chi connectivity index (χ1) is 12.9. The van der Waals surface area contributed by atoms with Crippen molar-refractivity contribution in [1.82, 2.24) is 5.32 Å². The molecule has 0 fully saturated rings. The van der Waals surface area contributed by atoms with Crippen LogP contribution >= 0.6 is 0 Å². The maximum absolute atomic E-state index is 12.4. The zero-order valence-corrected chi connectivity index (χ0v) is 15.6. The van der Waals surface area contributed by atoms with Gasteiger partial charge in [0.15, 0.2) is 0 Å². The van der Waals surface area contributed by atoms with E-state index in [9.17, 15) is 18.6 Å². The summed E-state index contributed by atoms with van der Waals surface area (Å²) in [5.74, 6) is -1.28. The van der Waals surface area contributed by atoms with Gasteiger partial charge in [-0.05, 0) is 36.8 Å². The second-order valence-corrected chi connectivity index (χ2v) is 7.41. The van der Waals surface area contributed by atoms with E-state index in [-0.39, 0.29) is 23.6 Å². The number of carbonyl (C=O) groups excluding carboxylic acids is 3. The molecular weight excluding hydrogens is 366 g/mol. The van der Waals surface area contributed by atoms with Gasteiger partial charge in [-0.25, -0.2) is 0 Å². The van der Waals surface area contributed by atoms with Crippen LogP contribution in [0.3, 0.4) is 0 Å². The average Bonchev–Trinajstić information content (AvgIpc) is 2.64. The Labute approximate surface area is 159 Å². The second kappa shape index (κ2) is 9.63. The van der Waals surface area contributed by atoms with Crippen molar-refractivity contribution in [1.29, 1.82) is 0 Å². The first kappa shape index (κ1) is 20.3. The molecule has 8 heteroatoms. The quantitative estimate of drug-likeness (QED) is 0.635. The van der Waals surface area contributed by atoms with E-state index >= 15 is 0 Å². The van der Waals surface area contributed by atoms with Crippen molar-refractivity contribution >= 4 is 34.2 Å². The molecule has 0 radical (unpaired) electrons. The highest BCUT2D eigenvalue weighted by molar-refractivity contribution is 7.85. The largest absolute Gasteiger partial charge is 0.368 e. The number of hydrogen-bond acceptors (Lipinski definition) is 4. The van der Waals surface area contributed by atoms with Gasteiger partial charge in [0, 0.05) is 28.8 Å². The Morgan fingerprint density at radius 3 is 2.41 bits per heavy atom. The summed E-state index contributed by atoms with van der Waals surface area (Å²) in [6.45, 7) is 1.36. The summed E-state index contributed by atoms with van der Waals surface area (Å²) in [6.07, 6.45) is 0.147. The van der Waals surface area contributed by atoms with E-state index in [2.05, 4.69) is 10.6 Å². The molecule has 2 aromatic carbocycles. The number of rotatable bonds is 8. The van der Waals surface area contributed by atoms with E-state index in [1.165, 1.54) is 13.0 Å². The molecule has 2 aromatic rings. The van der Waals surface area contributed by atoms with Crippen LogP contribution in [0.2, 0.25) is 0 Å². The van der Waals surface area contributed by atoms with Gasteiger partial charge in [0.25, 0.3) is 5.91 Å². The van der Waals surface area contributed by atoms with Crippen LogP contribution in [0.15, 0.2) is 59.5 Å². The minimum absolute atomic E-state index is 0.147. The van der Waals surface area contributed by atoms with Crippen molar-refractivity contribution in [2.75, 3.05) is 11.1 Å². The van der Waals surface area contributed by atoms with Gasteiger partial charge in [-0.15, -0.1) is 0 Å². The molecule has 0 saturated carbocycles. The van der Waals surface area contributed by atoms with E-state index < -0.39 is 28.7 Å². The fraction of sp³-hybridized carbons (Fsp3) is 0.211. The van der Waals surface area contributed by atoms with E-state index in [1.54, 1.807) is 42.5 Å². The number of hydrogen-bond donors (Lipinski definition) is 3. The van der Waals surface area contributed by atoms with Crippen LogP contribution in [0.1, 0.15) is 23.7 Å². The van der Waals surface area contributed by atoms with Gasteiger partial charge >= 0.3 is 0 Å². The molecular formula is C19H21N3O4S. The van der Waals surface area contributed by atoms with Crippen LogP contribution in [0.4, 0.5) is 5.69 Å². The molecule has 0 spiro atoms. The molecule has 4 N–H and O–H groups in total. The first-order valence-corrected chi connectivity index (χ1v) is 9.60. The van der Waals surface area contributed by atoms with Crippen molar-refractivity contribution in [3.8, 4) is 0 Å². The topological polar surface area (TPSA) is 118 Å². The first-order valence-electron chi connectivity index (χ1n) is 8.28. The summed E-state index contributed by atoms with van der Waals surface area (Å²) in [6, 6.07) is 14.2. The average molecular weight is 387 g/mol. The number of amides is 3. The molecule has 3 amide bonds. The summed E-state index contributed by atoms with van der Waals surface area (Å²) in [7, 11) is -1.30. The molecule has 0 saturated heterocycles. The predicted octanol–water partition coefficient (Wildman–Crippen LogP) is 1.43.